The van der Waals surface area contributed by atoms with Crippen LogP contribution in [0, 0.1) is 6.92 Å². The Morgan fingerprint density at radius 1 is 1.50 bits per heavy atom. The first-order chi connectivity index (χ1) is 6.77. The minimum absolute atomic E-state index is 0.440. The van der Waals surface area contributed by atoms with E-state index in [2.05, 4.69) is 28.7 Å². The summed E-state index contributed by atoms with van der Waals surface area (Å²) in [5.41, 5.74) is 2.36. The SMILES string of the molecule is CNC(CCSC)c1ccc(C)nc1. The predicted octanol–water partition coefficient (Wildman–Crippen LogP) is 2.40. The average Bonchev–Trinajstić information content (AvgIpc) is 2.21. The van der Waals surface area contributed by atoms with E-state index in [1.165, 1.54) is 11.3 Å². The van der Waals surface area contributed by atoms with Crippen molar-refractivity contribution in [2.24, 2.45) is 0 Å². The first kappa shape index (κ1) is 11.5. The van der Waals surface area contributed by atoms with Gasteiger partial charge in [0.1, 0.15) is 0 Å². The molecule has 0 bridgehead atoms. The Morgan fingerprint density at radius 2 is 2.29 bits per heavy atom. The smallest absolute Gasteiger partial charge is 0.0372 e. The Kier molecular flexibility index (Phi) is 4.98. The Labute approximate surface area is 90.5 Å². The number of nitrogens with zero attached hydrogens (tertiary/aromatic N) is 1. The average molecular weight is 210 g/mol. The van der Waals surface area contributed by atoms with Gasteiger partial charge in [-0.15, -0.1) is 0 Å². The van der Waals surface area contributed by atoms with Crippen LogP contribution >= 0.6 is 11.8 Å². The van der Waals surface area contributed by atoms with E-state index in [4.69, 9.17) is 0 Å². The highest BCUT2D eigenvalue weighted by atomic mass is 32.2. The van der Waals surface area contributed by atoms with Crippen molar-refractivity contribution in [3.8, 4) is 0 Å². The number of thioether (sulfide) groups is 1. The van der Waals surface area contributed by atoms with E-state index in [1.54, 1.807) is 0 Å². The van der Waals surface area contributed by atoms with Crippen molar-refractivity contribution in [3.05, 3.63) is 29.6 Å². The first-order valence-corrected chi connectivity index (χ1v) is 6.26. The summed E-state index contributed by atoms with van der Waals surface area (Å²) in [6.45, 7) is 2.01. The van der Waals surface area contributed by atoms with Gasteiger partial charge in [0.25, 0.3) is 0 Å². The molecule has 3 heteroatoms. The highest BCUT2D eigenvalue weighted by Gasteiger charge is 2.07. The summed E-state index contributed by atoms with van der Waals surface area (Å²) in [6, 6.07) is 4.67. The maximum absolute atomic E-state index is 4.31. The van der Waals surface area contributed by atoms with Crippen LogP contribution in [0.3, 0.4) is 0 Å². The Morgan fingerprint density at radius 3 is 2.79 bits per heavy atom. The zero-order valence-electron chi connectivity index (χ0n) is 9.08. The number of rotatable bonds is 5. The summed E-state index contributed by atoms with van der Waals surface area (Å²) in [4.78, 5) is 4.31. The number of pyridine rings is 1. The summed E-state index contributed by atoms with van der Waals surface area (Å²) in [5.74, 6) is 1.18. The third-order valence-corrected chi connectivity index (χ3v) is 2.94. The summed E-state index contributed by atoms with van der Waals surface area (Å²) in [7, 11) is 2.00. The van der Waals surface area contributed by atoms with Gasteiger partial charge < -0.3 is 5.32 Å². The van der Waals surface area contributed by atoms with Gasteiger partial charge in [-0.05, 0) is 44.0 Å². The fourth-order valence-electron chi connectivity index (χ4n) is 1.40. The lowest BCUT2D eigenvalue weighted by Crippen LogP contribution is -2.17. The quantitative estimate of drug-likeness (QED) is 0.808. The minimum atomic E-state index is 0.440. The van der Waals surface area contributed by atoms with E-state index in [-0.39, 0.29) is 0 Å². The number of hydrogen-bond donors (Lipinski definition) is 1. The van der Waals surface area contributed by atoms with E-state index < -0.39 is 0 Å². The molecular weight excluding hydrogens is 192 g/mol. The molecule has 1 unspecified atom stereocenters. The number of nitrogens with one attached hydrogen (secondary N) is 1. The summed E-state index contributed by atoms with van der Waals surface area (Å²) < 4.78 is 0. The number of aryl methyl sites for hydroxylation is 1. The molecule has 0 aliphatic heterocycles. The second kappa shape index (κ2) is 6.04. The molecule has 1 heterocycles. The third-order valence-electron chi connectivity index (χ3n) is 2.30. The molecule has 78 valence electrons. The maximum Gasteiger partial charge on any atom is 0.0372 e. The summed E-state index contributed by atoms with van der Waals surface area (Å²) in [6.07, 6.45) is 5.26. The van der Waals surface area contributed by atoms with E-state index in [0.717, 1.165) is 12.1 Å². The van der Waals surface area contributed by atoms with Crippen molar-refractivity contribution in [1.29, 1.82) is 0 Å². The molecular formula is C11H18N2S. The van der Waals surface area contributed by atoms with Crippen LogP contribution in [0.25, 0.3) is 0 Å². The molecule has 0 fully saturated rings. The molecule has 14 heavy (non-hydrogen) atoms. The maximum atomic E-state index is 4.31. The second-order valence-electron chi connectivity index (χ2n) is 3.36. The highest BCUT2D eigenvalue weighted by molar-refractivity contribution is 7.98. The Hall–Kier alpha value is -0.540. The Bertz CT molecular complexity index is 258. The monoisotopic (exact) mass is 210 g/mol. The van der Waals surface area contributed by atoms with Gasteiger partial charge in [0.05, 0.1) is 0 Å². The molecule has 0 aromatic carbocycles. The molecule has 0 amide bonds. The molecule has 1 aromatic rings. The number of aromatic nitrogens is 1. The van der Waals surface area contributed by atoms with Gasteiger partial charge in [-0.25, -0.2) is 0 Å². The van der Waals surface area contributed by atoms with Crippen LogP contribution in [0.1, 0.15) is 23.7 Å². The lowest BCUT2D eigenvalue weighted by molar-refractivity contribution is 0.579. The molecule has 0 saturated heterocycles. The molecule has 0 spiro atoms. The van der Waals surface area contributed by atoms with Gasteiger partial charge in [0.2, 0.25) is 0 Å². The number of hydrogen-bond acceptors (Lipinski definition) is 3. The van der Waals surface area contributed by atoms with Crippen molar-refractivity contribution in [3.63, 3.8) is 0 Å². The van der Waals surface area contributed by atoms with Gasteiger partial charge in [-0.2, -0.15) is 11.8 Å². The standard InChI is InChI=1S/C11H18N2S/c1-9-4-5-10(8-13-9)11(12-2)6-7-14-3/h4-5,8,11-12H,6-7H2,1-3H3. The van der Waals surface area contributed by atoms with Crippen LogP contribution in [0.2, 0.25) is 0 Å². The van der Waals surface area contributed by atoms with E-state index in [0.29, 0.717) is 6.04 Å². The van der Waals surface area contributed by atoms with Crippen LogP contribution in [-0.2, 0) is 0 Å². The van der Waals surface area contributed by atoms with Crippen molar-refractivity contribution < 1.29 is 0 Å². The first-order valence-electron chi connectivity index (χ1n) is 4.86. The van der Waals surface area contributed by atoms with Gasteiger partial charge in [0.15, 0.2) is 0 Å². The molecule has 1 aromatic heterocycles. The molecule has 0 aliphatic rings. The van der Waals surface area contributed by atoms with Crippen LogP contribution in [0.4, 0.5) is 0 Å². The Balaban J connectivity index is 2.64. The van der Waals surface area contributed by atoms with Gasteiger partial charge >= 0.3 is 0 Å². The normalized spacial score (nSPS) is 12.8. The fraction of sp³-hybridized carbons (Fsp3) is 0.545. The molecule has 0 aliphatic carbocycles. The van der Waals surface area contributed by atoms with Crippen LogP contribution in [-0.4, -0.2) is 24.0 Å². The molecule has 2 nitrogen and oxygen atoms in total. The summed E-state index contributed by atoms with van der Waals surface area (Å²) >= 11 is 1.88. The second-order valence-corrected chi connectivity index (χ2v) is 4.34. The zero-order valence-corrected chi connectivity index (χ0v) is 9.90. The van der Waals surface area contributed by atoms with Crippen molar-refractivity contribution in [1.82, 2.24) is 10.3 Å². The van der Waals surface area contributed by atoms with Gasteiger partial charge in [0, 0.05) is 17.9 Å². The molecule has 1 N–H and O–H groups in total. The topological polar surface area (TPSA) is 24.9 Å². The van der Waals surface area contributed by atoms with Crippen molar-refractivity contribution in [2.45, 2.75) is 19.4 Å². The molecule has 1 atom stereocenters. The van der Waals surface area contributed by atoms with E-state index in [9.17, 15) is 0 Å². The molecule has 0 saturated carbocycles. The lowest BCUT2D eigenvalue weighted by atomic mass is 10.1. The van der Waals surface area contributed by atoms with Crippen LogP contribution < -0.4 is 5.32 Å². The van der Waals surface area contributed by atoms with E-state index in [1.807, 2.05) is 31.9 Å². The van der Waals surface area contributed by atoms with Gasteiger partial charge in [-0.1, -0.05) is 6.07 Å². The predicted molar refractivity (Wildman–Crippen MR) is 63.8 cm³/mol. The van der Waals surface area contributed by atoms with E-state index >= 15 is 0 Å². The lowest BCUT2D eigenvalue weighted by Gasteiger charge is -2.15. The highest BCUT2D eigenvalue weighted by Crippen LogP contribution is 2.17. The zero-order chi connectivity index (χ0) is 10.4. The summed E-state index contributed by atoms with van der Waals surface area (Å²) in [5, 5.41) is 3.32. The largest absolute Gasteiger partial charge is 0.313 e. The van der Waals surface area contributed by atoms with Crippen molar-refractivity contribution >= 4 is 11.8 Å². The van der Waals surface area contributed by atoms with Crippen molar-refractivity contribution in [2.75, 3.05) is 19.1 Å². The third kappa shape index (κ3) is 3.31. The fourth-order valence-corrected chi connectivity index (χ4v) is 1.87. The van der Waals surface area contributed by atoms with Crippen LogP contribution in [0.15, 0.2) is 18.3 Å². The van der Waals surface area contributed by atoms with Crippen LogP contribution in [0.5, 0.6) is 0 Å². The minimum Gasteiger partial charge on any atom is -0.313 e. The van der Waals surface area contributed by atoms with Gasteiger partial charge in [-0.3, -0.25) is 4.98 Å². The molecule has 0 radical (unpaired) electrons. The molecule has 1 rings (SSSR count).